The van der Waals surface area contributed by atoms with Crippen molar-refractivity contribution in [2.24, 2.45) is 0 Å². The number of nitro benzene ring substituents is 1. The van der Waals surface area contributed by atoms with Crippen LogP contribution in [-0.2, 0) is 19.7 Å². The van der Waals surface area contributed by atoms with Crippen molar-refractivity contribution < 1.29 is 14.5 Å². The highest BCUT2D eigenvalue weighted by molar-refractivity contribution is 9.10. The van der Waals surface area contributed by atoms with Crippen LogP contribution in [0.15, 0.2) is 59.2 Å². The van der Waals surface area contributed by atoms with Crippen molar-refractivity contribution in [3.05, 3.63) is 86.1 Å². The molecule has 0 saturated heterocycles. The van der Waals surface area contributed by atoms with Crippen molar-refractivity contribution in [1.82, 2.24) is 15.1 Å². The predicted octanol–water partition coefficient (Wildman–Crippen LogP) is 4.08. The van der Waals surface area contributed by atoms with Crippen LogP contribution in [0, 0.1) is 10.1 Å². The first kappa shape index (κ1) is 20.5. The molecule has 3 rings (SSSR count). The van der Waals surface area contributed by atoms with Gasteiger partial charge < -0.3 is 10.1 Å². The lowest BCUT2D eigenvalue weighted by Crippen LogP contribution is -2.24. The normalized spacial score (nSPS) is 10.6. The lowest BCUT2D eigenvalue weighted by atomic mass is 10.1. The number of benzene rings is 2. The molecule has 1 N–H and O–H groups in total. The first-order valence-corrected chi connectivity index (χ1v) is 9.71. The number of ether oxygens (including phenoxy) is 1. The summed E-state index contributed by atoms with van der Waals surface area (Å²) in [7, 11) is 0. The fourth-order valence-electron chi connectivity index (χ4n) is 2.74. The smallest absolute Gasteiger partial charge is 0.269 e. The number of non-ortho nitro benzene ring substituents is 1. The second kappa shape index (κ2) is 9.33. The van der Waals surface area contributed by atoms with E-state index in [9.17, 15) is 14.9 Å². The Morgan fingerprint density at radius 3 is 2.72 bits per heavy atom. The number of hydrogen-bond donors (Lipinski definition) is 1. The maximum atomic E-state index is 12.5. The molecule has 1 amide bonds. The zero-order chi connectivity index (χ0) is 20.8. The number of carbonyl (C=O) groups excluding carboxylic acids is 1. The Labute approximate surface area is 175 Å². The fraction of sp³-hybridized carbons (Fsp3) is 0.200. The number of nitro groups is 1. The van der Waals surface area contributed by atoms with Crippen molar-refractivity contribution in [3.63, 3.8) is 0 Å². The summed E-state index contributed by atoms with van der Waals surface area (Å²) in [5, 5.41) is 17.8. The highest BCUT2D eigenvalue weighted by Crippen LogP contribution is 2.19. The maximum Gasteiger partial charge on any atom is 0.269 e. The molecule has 0 aliphatic heterocycles. The Morgan fingerprint density at radius 1 is 1.28 bits per heavy atom. The average Bonchev–Trinajstić information content (AvgIpc) is 3.10. The fourth-order valence-corrected chi connectivity index (χ4v) is 3.17. The van der Waals surface area contributed by atoms with E-state index in [-0.39, 0.29) is 18.2 Å². The molecule has 0 bridgehead atoms. The summed E-state index contributed by atoms with van der Waals surface area (Å²) in [6.45, 7) is 3.30. The molecule has 0 radical (unpaired) electrons. The Bertz CT molecular complexity index is 1020. The predicted molar refractivity (Wildman–Crippen MR) is 111 cm³/mol. The van der Waals surface area contributed by atoms with E-state index in [0.29, 0.717) is 24.4 Å². The molecule has 1 aromatic heterocycles. The molecule has 0 aliphatic carbocycles. The van der Waals surface area contributed by atoms with E-state index in [1.54, 1.807) is 36.5 Å². The summed E-state index contributed by atoms with van der Waals surface area (Å²) >= 11 is 3.44. The monoisotopic (exact) mass is 458 g/mol. The van der Waals surface area contributed by atoms with Gasteiger partial charge in [-0.25, -0.2) is 0 Å². The van der Waals surface area contributed by atoms with E-state index in [4.69, 9.17) is 4.74 Å². The van der Waals surface area contributed by atoms with Gasteiger partial charge in [0.05, 0.1) is 27.8 Å². The minimum absolute atomic E-state index is 0.00655. The van der Waals surface area contributed by atoms with Crippen LogP contribution >= 0.6 is 15.9 Å². The van der Waals surface area contributed by atoms with Crippen LogP contribution in [0.2, 0.25) is 0 Å². The first-order chi connectivity index (χ1) is 14.0. The van der Waals surface area contributed by atoms with Crippen molar-refractivity contribution >= 4 is 27.5 Å². The van der Waals surface area contributed by atoms with Crippen molar-refractivity contribution in [2.45, 2.75) is 26.6 Å². The van der Waals surface area contributed by atoms with Gasteiger partial charge in [0.1, 0.15) is 12.4 Å². The van der Waals surface area contributed by atoms with Gasteiger partial charge in [-0.3, -0.25) is 19.6 Å². The Hall–Kier alpha value is -3.20. The highest BCUT2D eigenvalue weighted by Gasteiger charge is 2.11. The molecular formula is C20H19BrN4O4. The van der Waals surface area contributed by atoms with Gasteiger partial charge in [0, 0.05) is 24.2 Å². The molecule has 0 fully saturated rings. The number of aryl methyl sites for hydroxylation is 1. The molecule has 0 unspecified atom stereocenters. The lowest BCUT2D eigenvalue weighted by molar-refractivity contribution is -0.384. The molecule has 150 valence electrons. The number of halogens is 1. The third-order valence-corrected chi connectivity index (χ3v) is 4.92. The maximum absolute atomic E-state index is 12.5. The number of carbonyl (C=O) groups is 1. The summed E-state index contributed by atoms with van der Waals surface area (Å²) in [6.07, 6.45) is 1.71. The van der Waals surface area contributed by atoms with Gasteiger partial charge in [0.2, 0.25) is 0 Å². The highest BCUT2D eigenvalue weighted by atomic mass is 79.9. The van der Waals surface area contributed by atoms with Crippen LogP contribution in [0.3, 0.4) is 0 Å². The van der Waals surface area contributed by atoms with Gasteiger partial charge in [-0.1, -0.05) is 12.1 Å². The topological polar surface area (TPSA) is 99.3 Å². The van der Waals surface area contributed by atoms with Gasteiger partial charge in [-0.2, -0.15) is 5.10 Å². The van der Waals surface area contributed by atoms with Crippen molar-refractivity contribution in [1.29, 1.82) is 0 Å². The van der Waals surface area contributed by atoms with Gasteiger partial charge in [0.25, 0.3) is 11.6 Å². The third-order valence-electron chi connectivity index (χ3n) is 4.26. The zero-order valence-electron chi connectivity index (χ0n) is 15.7. The van der Waals surface area contributed by atoms with Crippen molar-refractivity contribution in [3.8, 4) is 5.75 Å². The summed E-state index contributed by atoms with van der Waals surface area (Å²) in [4.78, 5) is 22.8. The standard InChI is InChI=1S/C20H19BrN4O4/c1-2-24-19(18(21)11-23-24)12-22-20(26)15-5-3-4-14(10-15)13-29-17-8-6-16(7-9-17)25(27)28/h3-11H,2,12-13H2,1H3,(H,22,26). The van der Waals surface area contributed by atoms with Gasteiger partial charge in [-0.15, -0.1) is 0 Å². The van der Waals surface area contributed by atoms with Crippen LogP contribution in [-0.4, -0.2) is 20.6 Å². The van der Waals surface area contributed by atoms with Crippen molar-refractivity contribution in [2.75, 3.05) is 0 Å². The van der Waals surface area contributed by atoms with E-state index < -0.39 is 4.92 Å². The molecule has 0 aliphatic rings. The second-order valence-electron chi connectivity index (χ2n) is 6.18. The summed E-state index contributed by atoms with van der Waals surface area (Å²) in [5.41, 5.74) is 2.25. The number of aromatic nitrogens is 2. The molecular weight excluding hydrogens is 440 g/mol. The molecule has 3 aromatic rings. The summed E-state index contributed by atoms with van der Waals surface area (Å²) in [6, 6.07) is 13.0. The molecule has 0 atom stereocenters. The first-order valence-electron chi connectivity index (χ1n) is 8.92. The van der Waals surface area contributed by atoms with Gasteiger partial charge in [0.15, 0.2) is 0 Å². The van der Waals surface area contributed by atoms with E-state index >= 15 is 0 Å². The van der Waals surface area contributed by atoms with E-state index in [1.807, 2.05) is 17.7 Å². The van der Waals surface area contributed by atoms with E-state index in [2.05, 4.69) is 26.3 Å². The number of nitrogens with zero attached hydrogens (tertiary/aromatic N) is 3. The number of nitrogens with one attached hydrogen (secondary N) is 1. The molecule has 29 heavy (non-hydrogen) atoms. The van der Waals surface area contributed by atoms with Crippen LogP contribution in [0.5, 0.6) is 5.75 Å². The Morgan fingerprint density at radius 2 is 2.03 bits per heavy atom. The Balaban J connectivity index is 1.60. The van der Waals surface area contributed by atoms with Gasteiger partial charge in [-0.05, 0) is 52.7 Å². The molecule has 9 heteroatoms. The SMILES string of the molecule is CCn1ncc(Br)c1CNC(=O)c1cccc(COc2ccc([N+](=O)[O-])cc2)c1. The molecule has 0 saturated carbocycles. The number of hydrogen-bond acceptors (Lipinski definition) is 5. The van der Waals surface area contributed by atoms with Crippen LogP contribution in [0.4, 0.5) is 5.69 Å². The van der Waals surface area contributed by atoms with E-state index in [0.717, 1.165) is 15.7 Å². The summed E-state index contributed by atoms with van der Waals surface area (Å²) in [5.74, 6) is 0.320. The lowest BCUT2D eigenvalue weighted by Gasteiger charge is -2.10. The zero-order valence-corrected chi connectivity index (χ0v) is 17.3. The minimum Gasteiger partial charge on any atom is -0.489 e. The van der Waals surface area contributed by atoms with Gasteiger partial charge >= 0.3 is 0 Å². The van der Waals surface area contributed by atoms with Crippen LogP contribution in [0.25, 0.3) is 0 Å². The van der Waals surface area contributed by atoms with Crippen LogP contribution in [0.1, 0.15) is 28.5 Å². The largest absolute Gasteiger partial charge is 0.489 e. The average molecular weight is 459 g/mol. The second-order valence-corrected chi connectivity index (χ2v) is 7.03. The minimum atomic E-state index is -0.460. The molecule has 2 aromatic carbocycles. The number of amides is 1. The third kappa shape index (κ3) is 5.20. The summed E-state index contributed by atoms with van der Waals surface area (Å²) < 4.78 is 8.32. The number of rotatable bonds is 8. The Kier molecular flexibility index (Phi) is 6.61. The van der Waals surface area contributed by atoms with E-state index in [1.165, 1.54) is 12.1 Å². The quantitative estimate of drug-likeness (QED) is 0.404. The molecule has 8 nitrogen and oxygen atoms in total. The molecule has 0 spiro atoms. The molecule has 1 heterocycles. The van der Waals surface area contributed by atoms with Crippen LogP contribution < -0.4 is 10.1 Å².